The zero-order chi connectivity index (χ0) is 57.1. The molecule has 6 heteroatoms. The summed E-state index contributed by atoms with van der Waals surface area (Å²) < 4.78 is 5.50. The first-order valence-electron chi connectivity index (χ1n) is 36.8. The Balaban J connectivity index is 3.33. The van der Waals surface area contributed by atoms with Gasteiger partial charge in [0.1, 0.15) is 0 Å². The van der Waals surface area contributed by atoms with E-state index in [9.17, 15) is 19.8 Å². The molecular formula is C73H145NO5. The number of carbonyl (C=O) groups excluding carboxylic acids is 2. The molecule has 0 aromatic rings. The number of amides is 1. The Labute approximate surface area is 496 Å². The van der Waals surface area contributed by atoms with E-state index in [0.29, 0.717) is 25.9 Å². The molecule has 0 spiro atoms. The van der Waals surface area contributed by atoms with E-state index < -0.39 is 12.1 Å². The summed E-state index contributed by atoms with van der Waals surface area (Å²) in [4.78, 5) is 24.6. The highest BCUT2D eigenvalue weighted by Crippen LogP contribution is 2.20. The lowest BCUT2D eigenvalue weighted by atomic mass is 10.0. The van der Waals surface area contributed by atoms with Crippen LogP contribution >= 0.6 is 0 Å². The second kappa shape index (κ2) is 69.4. The van der Waals surface area contributed by atoms with Gasteiger partial charge in [0, 0.05) is 12.8 Å². The van der Waals surface area contributed by atoms with Crippen molar-refractivity contribution >= 4 is 11.9 Å². The van der Waals surface area contributed by atoms with Crippen molar-refractivity contribution in [3.63, 3.8) is 0 Å². The van der Waals surface area contributed by atoms with Crippen LogP contribution in [0.15, 0.2) is 0 Å². The van der Waals surface area contributed by atoms with Crippen molar-refractivity contribution in [2.24, 2.45) is 0 Å². The van der Waals surface area contributed by atoms with E-state index in [2.05, 4.69) is 19.2 Å². The zero-order valence-electron chi connectivity index (χ0n) is 54.2. The largest absolute Gasteiger partial charge is 0.466 e. The SMILES string of the molecule is CCCCCCCCCCCCCCCCCCCCCCC(O)C(CO)NC(=O)CCCCCCCCCCCCCCCCCCCCCCCCCCCCCCOC(=O)CCCCCCCCCCCCCCCC. The van der Waals surface area contributed by atoms with Crippen molar-refractivity contribution in [1.29, 1.82) is 0 Å². The molecule has 0 rings (SSSR count). The summed E-state index contributed by atoms with van der Waals surface area (Å²) in [5, 5.41) is 23.4. The van der Waals surface area contributed by atoms with Gasteiger partial charge in [0.05, 0.1) is 25.4 Å². The number of ether oxygens (including phenoxy) is 1. The van der Waals surface area contributed by atoms with Gasteiger partial charge in [-0.3, -0.25) is 9.59 Å². The van der Waals surface area contributed by atoms with E-state index in [1.165, 1.54) is 360 Å². The van der Waals surface area contributed by atoms with E-state index in [4.69, 9.17) is 4.74 Å². The fraction of sp³-hybridized carbons (Fsp3) is 0.973. The monoisotopic (exact) mass is 1120 g/mol. The van der Waals surface area contributed by atoms with Crippen LogP contribution in [-0.2, 0) is 14.3 Å². The molecule has 3 N–H and O–H groups in total. The quantitative estimate of drug-likeness (QED) is 0.0417. The number of hydrogen-bond acceptors (Lipinski definition) is 5. The van der Waals surface area contributed by atoms with E-state index in [-0.39, 0.29) is 18.5 Å². The fourth-order valence-corrected chi connectivity index (χ4v) is 12.1. The molecule has 0 saturated heterocycles. The van der Waals surface area contributed by atoms with Crippen LogP contribution in [0, 0.1) is 0 Å². The predicted molar refractivity (Wildman–Crippen MR) is 347 cm³/mol. The second-order valence-electron chi connectivity index (χ2n) is 25.6. The van der Waals surface area contributed by atoms with Gasteiger partial charge in [-0.05, 0) is 25.7 Å². The molecule has 79 heavy (non-hydrogen) atoms. The van der Waals surface area contributed by atoms with Crippen LogP contribution in [0.25, 0.3) is 0 Å². The van der Waals surface area contributed by atoms with Crippen LogP contribution in [-0.4, -0.2) is 47.4 Å². The van der Waals surface area contributed by atoms with Gasteiger partial charge in [-0.15, -0.1) is 0 Å². The first-order valence-corrected chi connectivity index (χ1v) is 36.8. The van der Waals surface area contributed by atoms with E-state index >= 15 is 0 Å². The first kappa shape index (κ1) is 77.9. The molecule has 472 valence electrons. The van der Waals surface area contributed by atoms with Gasteiger partial charge in [-0.25, -0.2) is 0 Å². The molecule has 6 nitrogen and oxygen atoms in total. The number of esters is 1. The Kier molecular flexibility index (Phi) is 68.4. The summed E-state index contributed by atoms with van der Waals surface area (Å²) in [6.07, 6.45) is 84.5. The minimum Gasteiger partial charge on any atom is -0.466 e. The summed E-state index contributed by atoms with van der Waals surface area (Å²) >= 11 is 0. The normalized spacial score (nSPS) is 12.4. The Hall–Kier alpha value is -1.14. The highest BCUT2D eigenvalue weighted by atomic mass is 16.5. The van der Waals surface area contributed by atoms with E-state index in [1.54, 1.807) is 0 Å². The van der Waals surface area contributed by atoms with Crippen molar-refractivity contribution in [3.05, 3.63) is 0 Å². The summed E-state index contributed by atoms with van der Waals surface area (Å²) in [5.74, 6) is -0.00383. The minimum atomic E-state index is -0.662. The van der Waals surface area contributed by atoms with Crippen LogP contribution in [0.4, 0.5) is 0 Å². The van der Waals surface area contributed by atoms with Gasteiger partial charge in [-0.2, -0.15) is 0 Å². The van der Waals surface area contributed by atoms with E-state index in [0.717, 1.165) is 38.5 Å². The maximum Gasteiger partial charge on any atom is 0.305 e. The molecule has 0 aliphatic carbocycles. The molecule has 2 atom stereocenters. The number of aliphatic hydroxyl groups is 2. The van der Waals surface area contributed by atoms with Crippen LogP contribution in [0.5, 0.6) is 0 Å². The van der Waals surface area contributed by atoms with Crippen molar-refractivity contribution in [2.75, 3.05) is 13.2 Å². The Bertz CT molecular complexity index is 1150. The fourth-order valence-electron chi connectivity index (χ4n) is 12.1. The molecule has 0 saturated carbocycles. The van der Waals surface area contributed by atoms with Gasteiger partial charge in [0.15, 0.2) is 0 Å². The van der Waals surface area contributed by atoms with Crippen LogP contribution in [0.3, 0.4) is 0 Å². The lowest BCUT2D eigenvalue weighted by molar-refractivity contribution is -0.143. The third-order valence-electron chi connectivity index (χ3n) is 17.7. The predicted octanol–water partition coefficient (Wildman–Crippen LogP) is 23.8. The van der Waals surface area contributed by atoms with Gasteiger partial charge >= 0.3 is 5.97 Å². The van der Waals surface area contributed by atoms with Crippen LogP contribution in [0.1, 0.15) is 431 Å². The molecule has 0 aromatic heterocycles. The number of carbonyl (C=O) groups is 2. The topological polar surface area (TPSA) is 95.9 Å². The van der Waals surface area contributed by atoms with Crippen molar-refractivity contribution < 1.29 is 24.5 Å². The van der Waals surface area contributed by atoms with Crippen molar-refractivity contribution in [1.82, 2.24) is 5.32 Å². The van der Waals surface area contributed by atoms with Gasteiger partial charge < -0.3 is 20.3 Å². The highest BCUT2D eigenvalue weighted by molar-refractivity contribution is 5.76. The molecule has 0 aromatic carbocycles. The number of aliphatic hydroxyl groups excluding tert-OH is 2. The molecule has 0 fully saturated rings. The third-order valence-corrected chi connectivity index (χ3v) is 17.7. The minimum absolute atomic E-state index is 0.0225. The Morgan fingerprint density at radius 2 is 0.519 bits per heavy atom. The van der Waals surface area contributed by atoms with Gasteiger partial charge in [0.2, 0.25) is 5.91 Å². The number of rotatable bonds is 70. The Morgan fingerprint density at radius 3 is 0.772 bits per heavy atom. The second-order valence-corrected chi connectivity index (χ2v) is 25.6. The van der Waals surface area contributed by atoms with Crippen molar-refractivity contribution in [2.45, 2.75) is 443 Å². The van der Waals surface area contributed by atoms with E-state index in [1.807, 2.05) is 0 Å². The lowest BCUT2D eigenvalue weighted by Crippen LogP contribution is -2.45. The zero-order valence-corrected chi connectivity index (χ0v) is 54.2. The number of nitrogens with one attached hydrogen (secondary N) is 1. The maximum atomic E-state index is 12.5. The lowest BCUT2D eigenvalue weighted by Gasteiger charge is -2.22. The molecule has 0 bridgehead atoms. The third kappa shape index (κ3) is 65.9. The maximum absolute atomic E-state index is 12.5. The highest BCUT2D eigenvalue weighted by Gasteiger charge is 2.20. The average molecular weight is 1120 g/mol. The molecular weight excluding hydrogens is 971 g/mol. The summed E-state index contributed by atoms with van der Waals surface area (Å²) in [5.41, 5.74) is 0. The molecule has 0 radical (unpaired) electrons. The van der Waals surface area contributed by atoms with Crippen LogP contribution in [0.2, 0.25) is 0 Å². The molecule has 0 aliphatic rings. The average Bonchev–Trinajstić information content (AvgIpc) is 3.45. The molecule has 0 aliphatic heterocycles. The van der Waals surface area contributed by atoms with Crippen LogP contribution < -0.4 is 5.32 Å². The summed E-state index contributed by atoms with van der Waals surface area (Å²) in [6, 6.07) is -0.539. The summed E-state index contributed by atoms with van der Waals surface area (Å²) in [6.45, 7) is 5.01. The number of hydrogen-bond donors (Lipinski definition) is 3. The first-order chi connectivity index (χ1) is 39.0. The van der Waals surface area contributed by atoms with Gasteiger partial charge in [0.25, 0.3) is 0 Å². The number of unbranched alkanes of at least 4 members (excludes halogenated alkanes) is 59. The molecule has 1 amide bonds. The summed E-state index contributed by atoms with van der Waals surface area (Å²) in [7, 11) is 0. The molecule has 2 unspecified atom stereocenters. The van der Waals surface area contributed by atoms with Crippen molar-refractivity contribution in [3.8, 4) is 0 Å². The smallest absolute Gasteiger partial charge is 0.305 e. The standard InChI is InChI=1S/C73H145NO5/c1-3-5-7-9-11-13-15-17-19-20-21-32-35-38-41-45-49-53-57-61-65-71(76)70(69-75)74-72(77)66-62-58-54-50-46-42-39-36-33-30-28-26-24-22-23-25-27-29-31-34-37-40-44-48-52-56-60-64-68-79-73(78)67-63-59-55-51-47-43-18-16-14-12-10-8-6-4-2/h70-71,75-76H,3-69H2,1-2H3,(H,74,77). The van der Waals surface area contributed by atoms with Gasteiger partial charge in [-0.1, -0.05) is 393 Å². The molecule has 0 heterocycles. The Morgan fingerprint density at radius 1 is 0.304 bits per heavy atom.